The lowest BCUT2D eigenvalue weighted by molar-refractivity contribution is 0.0696. The SMILES string of the molecule is CN(CCS(C)(=O)=O)C(=O)Nc1ccc(C(=O)O)cc1F. The maximum atomic E-state index is 13.6. The monoisotopic (exact) mass is 318 g/mol. The molecule has 0 atom stereocenters. The number of sulfone groups is 1. The van der Waals surface area contributed by atoms with Gasteiger partial charge in [0.15, 0.2) is 0 Å². The number of rotatable bonds is 5. The van der Waals surface area contributed by atoms with Crippen LogP contribution in [0.15, 0.2) is 18.2 Å². The van der Waals surface area contributed by atoms with Crippen LogP contribution in [-0.2, 0) is 9.84 Å². The van der Waals surface area contributed by atoms with Gasteiger partial charge in [0, 0.05) is 19.8 Å². The molecule has 0 aliphatic heterocycles. The average molecular weight is 318 g/mol. The van der Waals surface area contributed by atoms with Crippen LogP contribution < -0.4 is 5.32 Å². The standard InChI is InChI=1S/C12H15FN2O5S/c1-15(5-6-21(2,19)20)12(18)14-10-4-3-8(11(16)17)7-9(10)13/h3-4,7H,5-6H2,1-2H3,(H,14,18)(H,16,17). The van der Waals surface area contributed by atoms with Crippen LogP contribution in [-0.4, -0.2) is 56.0 Å². The van der Waals surface area contributed by atoms with Gasteiger partial charge in [-0.15, -0.1) is 0 Å². The van der Waals surface area contributed by atoms with E-state index in [1.54, 1.807) is 0 Å². The lowest BCUT2D eigenvalue weighted by Crippen LogP contribution is -2.35. The smallest absolute Gasteiger partial charge is 0.335 e. The van der Waals surface area contributed by atoms with E-state index >= 15 is 0 Å². The van der Waals surface area contributed by atoms with E-state index < -0.39 is 27.7 Å². The zero-order valence-corrected chi connectivity index (χ0v) is 12.3. The summed E-state index contributed by atoms with van der Waals surface area (Å²) in [6.45, 7) is -0.0422. The van der Waals surface area contributed by atoms with Crippen LogP contribution in [0, 0.1) is 5.82 Å². The first-order valence-electron chi connectivity index (χ1n) is 5.83. The molecule has 0 heterocycles. The molecule has 0 bridgehead atoms. The molecular formula is C12H15FN2O5S. The Morgan fingerprint density at radius 3 is 2.48 bits per heavy atom. The van der Waals surface area contributed by atoms with Gasteiger partial charge >= 0.3 is 12.0 Å². The molecular weight excluding hydrogens is 303 g/mol. The number of carbonyl (C=O) groups is 2. The maximum absolute atomic E-state index is 13.6. The summed E-state index contributed by atoms with van der Waals surface area (Å²) in [4.78, 5) is 23.5. The number of carboxylic acid groups (broad SMARTS) is 1. The van der Waals surface area contributed by atoms with Gasteiger partial charge in [0.05, 0.1) is 17.0 Å². The van der Waals surface area contributed by atoms with Crippen LogP contribution in [0.4, 0.5) is 14.9 Å². The molecule has 116 valence electrons. The predicted octanol–water partition coefficient (Wildman–Crippen LogP) is 1.03. The van der Waals surface area contributed by atoms with Crippen LogP contribution in [0.5, 0.6) is 0 Å². The highest BCUT2D eigenvalue weighted by Gasteiger charge is 2.14. The first-order chi connectivity index (χ1) is 9.60. The second-order valence-corrected chi connectivity index (χ2v) is 6.74. The lowest BCUT2D eigenvalue weighted by atomic mass is 10.2. The highest BCUT2D eigenvalue weighted by atomic mass is 32.2. The van der Waals surface area contributed by atoms with Crippen molar-refractivity contribution in [1.29, 1.82) is 0 Å². The zero-order chi connectivity index (χ0) is 16.2. The fraction of sp³-hybridized carbons (Fsp3) is 0.333. The normalized spacial score (nSPS) is 11.0. The molecule has 21 heavy (non-hydrogen) atoms. The van der Waals surface area contributed by atoms with E-state index in [4.69, 9.17) is 5.11 Å². The van der Waals surface area contributed by atoms with Crippen molar-refractivity contribution in [3.63, 3.8) is 0 Å². The number of nitrogens with zero attached hydrogens (tertiary/aromatic N) is 1. The van der Waals surface area contributed by atoms with Crippen LogP contribution in [0.1, 0.15) is 10.4 Å². The quantitative estimate of drug-likeness (QED) is 0.844. The minimum Gasteiger partial charge on any atom is -0.478 e. The number of amides is 2. The molecule has 1 aromatic rings. The number of nitrogens with one attached hydrogen (secondary N) is 1. The summed E-state index contributed by atoms with van der Waals surface area (Å²) in [7, 11) is -1.84. The molecule has 0 saturated carbocycles. The van der Waals surface area contributed by atoms with Gasteiger partial charge in [0.2, 0.25) is 0 Å². The highest BCUT2D eigenvalue weighted by molar-refractivity contribution is 7.90. The summed E-state index contributed by atoms with van der Waals surface area (Å²) < 4.78 is 35.6. The van der Waals surface area contributed by atoms with Crippen LogP contribution in [0.2, 0.25) is 0 Å². The summed E-state index contributed by atoms with van der Waals surface area (Å²) in [6, 6.07) is 2.37. The van der Waals surface area contributed by atoms with Crippen LogP contribution >= 0.6 is 0 Å². The molecule has 2 N–H and O–H groups in total. The Morgan fingerprint density at radius 1 is 1.38 bits per heavy atom. The van der Waals surface area contributed by atoms with E-state index in [1.165, 1.54) is 7.05 Å². The molecule has 0 saturated heterocycles. The minimum atomic E-state index is -3.21. The maximum Gasteiger partial charge on any atom is 0.335 e. The van der Waals surface area contributed by atoms with Gasteiger partial charge in [0.1, 0.15) is 15.7 Å². The largest absolute Gasteiger partial charge is 0.478 e. The summed E-state index contributed by atoms with van der Waals surface area (Å²) >= 11 is 0. The molecule has 1 aromatic carbocycles. The summed E-state index contributed by atoms with van der Waals surface area (Å²) in [5.41, 5.74) is -0.424. The number of anilines is 1. The average Bonchev–Trinajstić information content (AvgIpc) is 2.37. The number of halogens is 1. The topological polar surface area (TPSA) is 104 Å². The van der Waals surface area contributed by atoms with Gasteiger partial charge in [-0.25, -0.2) is 22.4 Å². The molecule has 0 fully saturated rings. The van der Waals surface area contributed by atoms with Crippen molar-refractivity contribution in [3.8, 4) is 0 Å². The van der Waals surface area contributed by atoms with E-state index in [9.17, 15) is 22.4 Å². The van der Waals surface area contributed by atoms with Crippen molar-refractivity contribution in [2.45, 2.75) is 0 Å². The van der Waals surface area contributed by atoms with Crippen LogP contribution in [0.25, 0.3) is 0 Å². The number of carbonyl (C=O) groups excluding carboxylic acids is 1. The molecule has 1 rings (SSSR count). The second kappa shape index (κ2) is 6.53. The van der Waals surface area contributed by atoms with Crippen molar-refractivity contribution in [2.75, 3.05) is 30.9 Å². The molecule has 9 heteroatoms. The van der Waals surface area contributed by atoms with Gasteiger partial charge in [-0.3, -0.25) is 0 Å². The van der Waals surface area contributed by atoms with Gasteiger partial charge in [-0.05, 0) is 18.2 Å². The molecule has 2 amide bonds. The van der Waals surface area contributed by atoms with E-state index in [0.717, 1.165) is 29.4 Å². The van der Waals surface area contributed by atoms with Gasteiger partial charge in [-0.1, -0.05) is 0 Å². The Kier molecular flexibility index (Phi) is 5.25. The molecule has 0 spiro atoms. The third-order valence-corrected chi connectivity index (χ3v) is 3.53. The lowest BCUT2D eigenvalue weighted by Gasteiger charge is -2.17. The molecule has 0 aliphatic rings. The Hall–Kier alpha value is -2.16. The molecule has 0 unspecified atom stereocenters. The molecule has 0 radical (unpaired) electrons. The Balaban J connectivity index is 2.72. The third kappa shape index (κ3) is 5.38. The summed E-state index contributed by atoms with van der Waals surface area (Å²) in [5.74, 6) is -2.38. The number of hydrogen-bond donors (Lipinski definition) is 2. The molecule has 7 nitrogen and oxygen atoms in total. The Bertz CT molecular complexity index is 660. The number of hydrogen-bond acceptors (Lipinski definition) is 4. The van der Waals surface area contributed by atoms with E-state index in [-0.39, 0.29) is 23.5 Å². The van der Waals surface area contributed by atoms with Gasteiger partial charge < -0.3 is 15.3 Å². The molecule has 0 aliphatic carbocycles. The number of carboxylic acids is 1. The van der Waals surface area contributed by atoms with E-state index in [2.05, 4.69) is 5.32 Å². The zero-order valence-electron chi connectivity index (χ0n) is 11.5. The van der Waals surface area contributed by atoms with Crippen molar-refractivity contribution in [2.24, 2.45) is 0 Å². The first kappa shape index (κ1) is 16.9. The minimum absolute atomic E-state index is 0.0422. The summed E-state index contributed by atoms with van der Waals surface area (Å²) in [5, 5.41) is 10.9. The fourth-order valence-corrected chi connectivity index (χ4v) is 1.97. The fourth-order valence-electron chi connectivity index (χ4n) is 1.36. The second-order valence-electron chi connectivity index (χ2n) is 4.48. The number of aromatic carboxylic acids is 1. The van der Waals surface area contributed by atoms with Crippen molar-refractivity contribution >= 4 is 27.5 Å². The van der Waals surface area contributed by atoms with Crippen molar-refractivity contribution < 1.29 is 27.5 Å². The highest BCUT2D eigenvalue weighted by Crippen LogP contribution is 2.16. The number of benzene rings is 1. The van der Waals surface area contributed by atoms with Crippen LogP contribution in [0.3, 0.4) is 0 Å². The van der Waals surface area contributed by atoms with E-state index in [0.29, 0.717) is 0 Å². The van der Waals surface area contributed by atoms with E-state index in [1.807, 2.05) is 0 Å². The Labute approximate surface area is 121 Å². The Morgan fingerprint density at radius 2 is 2.00 bits per heavy atom. The first-order valence-corrected chi connectivity index (χ1v) is 7.89. The number of urea groups is 1. The van der Waals surface area contributed by atoms with Gasteiger partial charge in [0.25, 0.3) is 0 Å². The van der Waals surface area contributed by atoms with Crippen molar-refractivity contribution in [3.05, 3.63) is 29.6 Å². The van der Waals surface area contributed by atoms with Crippen molar-refractivity contribution in [1.82, 2.24) is 4.90 Å². The van der Waals surface area contributed by atoms with Gasteiger partial charge in [-0.2, -0.15) is 0 Å². The predicted molar refractivity (Wildman–Crippen MR) is 74.7 cm³/mol. The molecule has 0 aromatic heterocycles. The third-order valence-electron chi connectivity index (χ3n) is 2.60. The summed E-state index contributed by atoms with van der Waals surface area (Å²) in [6.07, 6.45) is 1.04.